The molecule has 1 aliphatic heterocycles. The molecule has 4 nitrogen and oxygen atoms in total. The summed E-state index contributed by atoms with van der Waals surface area (Å²) in [4.78, 5) is 5.37. The van der Waals surface area contributed by atoms with Gasteiger partial charge in [-0.3, -0.25) is 0 Å². The van der Waals surface area contributed by atoms with Gasteiger partial charge in [-0.25, -0.2) is 0 Å². The Hall–Kier alpha value is -1.96. The molecule has 1 aromatic rings. The summed E-state index contributed by atoms with van der Waals surface area (Å²) in [7, 11) is 1.55. The average Bonchev–Trinajstić information content (AvgIpc) is 3.01. The molecule has 0 amide bonds. The van der Waals surface area contributed by atoms with E-state index in [2.05, 4.69) is 26.4 Å². The van der Waals surface area contributed by atoms with Gasteiger partial charge in [0.25, 0.3) is 0 Å². The lowest BCUT2D eigenvalue weighted by molar-refractivity contribution is -0.137. The summed E-state index contributed by atoms with van der Waals surface area (Å²) in [6.45, 7) is 0. The molecule has 3 rings (SSSR count). The molecular weight excluding hydrogens is 401 g/mol. The Morgan fingerprint density at radius 1 is 1.32 bits per heavy atom. The van der Waals surface area contributed by atoms with Crippen molar-refractivity contribution in [1.82, 2.24) is 0 Å². The van der Waals surface area contributed by atoms with Crippen molar-refractivity contribution >= 4 is 26.2 Å². The van der Waals surface area contributed by atoms with Crippen LogP contribution in [0.1, 0.15) is 24.8 Å². The zero-order valence-corrected chi connectivity index (χ0v) is 14.9. The van der Waals surface area contributed by atoms with Crippen LogP contribution in [0.5, 0.6) is 0 Å². The van der Waals surface area contributed by atoms with Crippen LogP contribution in [0.15, 0.2) is 52.5 Å². The van der Waals surface area contributed by atoms with Crippen LogP contribution in [0.25, 0.3) is 0 Å². The van der Waals surface area contributed by atoms with E-state index in [0.717, 1.165) is 28.7 Å². The smallest absolute Gasteiger partial charge is 0.416 e. The maximum Gasteiger partial charge on any atom is 0.416 e. The number of halogens is 4. The standard InChI is InChI=1S/C17H16BrF3N2O2/c1-24-14-6-5-10(15-9-16(18)23-25-15)7-13(14)22-12-4-2-3-11(8-12)17(19,20)21/h2-4,7-8,15,22H,5-6,9H2,1H3/t15-/m0/s1. The Morgan fingerprint density at radius 2 is 2.12 bits per heavy atom. The van der Waals surface area contributed by atoms with Crippen LogP contribution < -0.4 is 5.32 Å². The zero-order chi connectivity index (χ0) is 18.0. The van der Waals surface area contributed by atoms with Crippen molar-refractivity contribution in [3.8, 4) is 0 Å². The first-order chi connectivity index (χ1) is 11.9. The van der Waals surface area contributed by atoms with Gasteiger partial charge in [-0.2, -0.15) is 13.2 Å². The second kappa shape index (κ2) is 7.11. The summed E-state index contributed by atoms with van der Waals surface area (Å²) in [6.07, 6.45) is -0.644. The highest BCUT2D eigenvalue weighted by Crippen LogP contribution is 2.34. The van der Waals surface area contributed by atoms with Crippen LogP contribution >= 0.6 is 15.9 Å². The highest BCUT2D eigenvalue weighted by molar-refractivity contribution is 9.18. The Kier molecular flexibility index (Phi) is 5.08. The molecule has 1 N–H and O–H groups in total. The molecule has 1 atom stereocenters. The molecule has 0 saturated heterocycles. The molecule has 0 unspecified atom stereocenters. The number of benzene rings is 1. The summed E-state index contributed by atoms with van der Waals surface area (Å²) in [5, 5.41) is 6.91. The number of alkyl halides is 3. The molecule has 0 spiro atoms. The summed E-state index contributed by atoms with van der Waals surface area (Å²) in [5.41, 5.74) is 1.30. The second-order valence-corrected chi connectivity index (χ2v) is 6.64. The first-order valence-corrected chi connectivity index (χ1v) is 8.46. The molecule has 1 aliphatic carbocycles. The van der Waals surface area contributed by atoms with E-state index in [4.69, 9.17) is 9.57 Å². The van der Waals surface area contributed by atoms with Crippen molar-refractivity contribution in [3.05, 3.63) is 52.9 Å². The normalized spacial score (nSPS) is 20.8. The molecule has 1 aromatic carbocycles. The minimum absolute atomic E-state index is 0.161. The number of rotatable bonds is 4. The number of methoxy groups -OCH3 is 1. The van der Waals surface area contributed by atoms with Gasteiger partial charge in [0.2, 0.25) is 0 Å². The molecule has 0 bridgehead atoms. The van der Waals surface area contributed by atoms with Crippen molar-refractivity contribution in [2.24, 2.45) is 5.16 Å². The number of hydrogen-bond acceptors (Lipinski definition) is 4. The molecule has 0 fully saturated rings. The lowest BCUT2D eigenvalue weighted by Crippen LogP contribution is -2.17. The lowest BCUT2D eigenvalue weighted by atomic mass is 9.95. The van der Waals surface area contributed by atoms with Gasteiger partial charge in [0, 0.05) is 18.5 Å². The predicted molar refractivity (Wildman–Crippen MR) is 92.3 cm³/mol. The molecule has 0 saturated carbocycles. The van der Waals surface area contributed by atoms with Crippen LogP contribution in [0.2, 0.25) is 0 Å². The van der Waals surface area contributed by atoms with Gasteiger partial charge in [-0.15, -0.1) is 0 Å². The maximum absolute atomic E-state index is 12.9. The SMILES string of the molecule is COC1=C(Nc2cccc(C(F)(F)F)c2)C=C([C@@H]2CC(Br)=NO2)CC1. The minimum atomic E-state index is -4.38. The Morgan fingerprint density at radius 3 is 2.76 bits per heavy atom. The Balaban J connectivity index is 1.84. The molecule has 2 aliphatic rings. The Bertz CT molecular complexity index is 757. The predicted octanol–water partition coefficient (Wildman–Crippen LogP) is 5.19. The van der Waals surface area contributed by atoms with Gasteiger partial charge in [-0.05, 0) is 52.2 Å². The number of oxime groups is 1. The van der Waals surface area contributed by atoms with Crippen LogP contribution in [-0.2, 0) is 15.8 Å². The van der Waals surface area contributed by atoms with Crippen LogP contribution in [-0.4, -0.2) is 17.8 Å². The number of allylic oxidation sites excluding steroid dienone is 2. The first kappa shape index (κ1) is 17.8. The van der Waals surface area contributed by atoms with Gasteiger partial charge in [-0.1, -0.05) is 11.2 Å². The summed E-state index contributed by atoms with van der Waals surface area (Å²) < 4.78 is 44.8. The van der Waals surface area contributed by atoms with Gasteiger partial charge in [0.05, 0.1) is 18.4 Å². The lowest BCUT2D eigenvalue weighted by Gasteiger charge is -2.23. The number of nitrogens with zero attached hydrogens (tertiary/aromatic N) is 1. The van der Waals surface area contributed by atoms with Crippen LogP contribution in [0.4, 0.5) is 18.9 Å². The fourth-order valence-electron chi connectivity index (χ4n) is 2.78. The van der Waals surface area contributed by atoms with Gasteiger partial charge < -0.3 is 14.9 Å². The quantitative estimate of drug-likeness (QED) is 0.733. The zero-order valence-electron chi connectivity index (χ0n) is 13.4. The van der Waals surface area contributed by atoms with E-state index in [1.54, 1.807) is 13.2 Å². The fraction of sp³-hybridized carbons (Fsp3) is 0.353. The highest BCUT2D eigenvalue weighted by Gasteiger charge is 2.31. The largest absolute Gasteiger partial charge is 0.499 e. The summed E-state index contributed by atoms with van der Waals surface area (Å²) in [6, 6.07) is 5.08. The van der Waals surface area contributed by atoms with Crippen LogP contribution in [0, 0.1) is 0 Å². The molecule has 1 heterocycles. The number of nitrogens with one attached hydrogen (secondary N) is 1. The van der Waals surface area contributed by atoms with Crippen molar-refractivity contribution < 1.29 is 22.7 Å². The van der Waals surface area contributed by atoms with E-state index in [0.29, 0.717) is 30.0 Å². The van der Waals surface area contributed by atoms with E-state index in [1.807, 2.05) is 6.08 Å². The van der Waals surface area contributed by atoms with Crippen molar-refractivity contribution in [2.45, 2.75) is 31.5 Å². The highest BCUT2D eigenvalue weighted by atomic mass is 79.9. The second-order valence-electron chi connectivity index (χ2n) is 5.73. The molecule has 134 valence electrons. The van der Waals surface area contributed by atoms with Gasteiger partial charge in [0.15, 0.2) is 6.10 Å². The molecule has 0 radical (unpaired) electrons. The first-order valence-electron chi connectivity index (χ1n) is 7.67. The number of anilines is 1. The summed E-state index contributed by atoms with van der Waals surface area (Å²) in [5.74, 6) is 0.694. The van der Waals surface area contributed by atoms with Crippen LogP contribution in [0.3, 0.4) is 0 Å². The van der Waals surface area contributed by atoms with E-state index in [9.17, 15) is 13.2 Å². The van der Waals surface area contributed by atoms with Crippen molar-refractivity contribution in [1.29, 1.82) is 0 Å². The molecular formula is C17H16BrF3N2O2. The molecule has 0 aromatic heterocycles. The average molecular weight is 417 g/mol. The van der Waals surface area contributed by atoms with E-state index in [-0.39, 0.29) is 6.10 Å². The summed E-state index contributed by atoms with van der Waals surface area (Å²) >= 11 is 3.31. The van der Waals surface area contributed by atoms with Gasteiger partial charge in [0.1, 0.15) is 10.4 Å². The third-order valence-corrected chi connectivity index (χ3v) is 4.50. The van der Waals surface area contributed by atoms with E-state index in [1.165, 1.54) is 6.07 Å². The Labute approximate surface area is 151 Å². The number of hydrogen-bond donors (Lipinski definition) is 1. The number of ether oxygens (including phenoxy) is 1. The van der Waals surface area contributed by atoms with Crippen molar-refractivity contribution in [3.63, 3.8) is 0 Å². The monoisotopic (exact) mass is 416 g/mol. The van der Waals surface area contributed by atoms with E-state index < -0.39 is 11.7 Å². The third-order valence-electron chi connectivity index (χ3n) is 4.03. The fourth-order valence-corrected chi connectivity index (χ4v) is 3.16. The van der Waals surface area contributed by atoms with E-state index >= 15 is 0 Å². The topological polar surface area (TPSA) is 42.8 Å². The molecule has 8 heteroatoms. The molecule has 25 heavy (non-hydrogen) atoms. The van der Waals surface area contributed by atoms with Crippen molar-refractivity contribution in [2.75, 3.05) is 12.4 Å². The minimum Gasteiger partial charge on any atom is -0.499 e. The van der Waals surface area contributed by atoms with Gasteiger partial charge >= 0.3 is 6.18 Å². The maximum atomic E-state index is 12.9. The third kappa shape index (κ3) is 4.18.